The number of hydrogen-bond donors (Lipinski definition) is 0. The Kier molecular flexibility index (Phi) is 3.02. The zero-order valence-corrected chi connectivity index (χ0v) is 9.23. The number of aromatic nitrogens is 2. The van der Waals surface area contributed by atoms with E-state index >= 15 is 0 Å². The van der Waals surface area contributed by atoms with E-state index < -0.39 is 0 Å². The number of nitrogens with zero attached hydrogens (tertiary/aromatic N) is 2. The Balaban J connectivity index is 2.20. The summed E-state index contributed by atoms with van der Waals surface area (Å²) in [5.74, 6) is 0. The summed E-state index contributed by atoms with van der Waals surface area (Å²) in [6, 6.07) is 4.13. The monoisotopic (exact) mass is 204 g/mol. The van der Waals surface area contributed by atoms with Gasteiger partial charge in [-0.3, -0.25) is 0 Å². The van der Waals surface area contributed by atoms with Gasteiger partial charge in [0.1, 0.15) is 5.65 Å². The van der Waals surface area contributed by atoms with E-state index in [1.165, 1.54) is 5.56 Å². The number of ether oxygens (including phenoxy) is 1. The van der Waals surface area contributed by atoms with Crippen molar-refractivity contribution in [3.05, 3.63) is 35.8 Å². The molecular formula is C12H16N2O. The van der Waals surface area contributed by atoms with Crippen molar-refractivity contribution in [2.45, 2.75) is 19.8 Å². The molecule has 0 aromatic carbocycles. The van der Waals surface area contributed by atoms with Gasteiger partial charge in [-0.05, 0) is 31.4 Å². The molecule has 2 heterocycles. The lowest BCUT2D eigenvalue weighted by Gasteiger charge is -1.94. The van der Waals surface area contributed by atoms with Crippen molar-refractivity contribution in [3.8, 4) is 0 Å². The minimum atomic E-state index is 0.798. The van der Waals surface area contributed by atoms with E-state index in [0.29, 0.717) is 0 Å². The second-order valence-electron chi connectivity index (χ2n) is 3.75. The highest BCUT2D eigenvalue weighted by molar-refractivity contribution is 5.47. The lowest BCUT2D eigenvalue weighted by atomic mass is 10.3. The van der Waals surface area contributed by atoms with Gasteiger partial charge in [-0.15, -0.1) is 0 Å². The zero-order valence-electron chi connectivity index (χ0n) is 9.23. The molecule has 0 fully saturated rings. The van der Waals surface area contributed by atoms with Gasteiger partial charge in [0.25, 0.3) is 0 Å². The van der Waals surface area contributed by atoms with Gasteiger partial charge in [0.05, 0.1) is 5.69 Å². The molecule has 0 spiro atoms. The molecule has 80 valence electrons. The molecule has 0 aliphatic heterocycles. The maximum absolute atomic E-state index is 5.03. The van der Waals surface area contributed by atoms with Crippen LogP contribution in [0, 0.1) is 6.92 Å². The molecule has 0 atom stereocenters. The van der Waals surface area contributed by atoms with Crippen molar-refractivity contribution >= 4 is 5.65 Å². The first-order valence-corrected chi connectivity index (χ1v) is 5.23. The van der Waals surface area contributed by atoms with Gasteiger partial charge in [0, 0.05) is 26.1 Å². The topological polar surface area (TPSA) is 26.5 Å². The van der Waals surface area contributed by atoms with Crippen molar-refractivity contribution in [3.63, 3.8) is 0 Å². The molecule has 15 heavy (non-hydrogen) atoms. The number of hydrogen-bond acceptors (Lipinski definition) is 2. The Labute approximate surface area is 89.7 Å². The predicted octanol–water partition coefficient (Wildman–Crippen LogP) is 2.22. The summed E-state index contributed by atoms with van der Waals surface area (Å²) in [4.78, 5) is 4.59. The van der Waals surface area contributed by atoms with E-state index in [0.717, 1.165) is 30.8 Å². The third kappa shape index (κ3) is 2.18. The summed E-state index contributed by atoms with van der Waals surface area (Å²) in [6.07, 6.45) is 6.14. The Hall–Kier alpha value is -1.35. The van der Waals surface area contributed by atoms with E-state index in [-0.39, 0.29) is 0 Å². The molecule has 0 N–H and O–H groups in total. The predicted molar refractivity (Wildman–Crippen MR) is 60.1 cm³/mol. The van der Waals surface area contributed by atoms with Gasteiger partial charge < -0.3 is 9.14 Å². The first kappa shape index (κ1) is 10.2. The number of methoxy groups -OCH3 is 1. The highest BCUT2D eigenvalue weighted by Crippen LogP contribution is 2.10. The van der Waals surface area contributed by atoms with Crippen LogP contribution in [0.5, 0.6) is 0 Å². The van der Waals surface area contributed by atoms with Gasteiger partial charge >= 0.3 is 0 Å². The third-order valence-corrected chi connectivity index (χ3v) is 2.51. The van der Waals surface area contributed by atoms with E-state index in [9.17, 15) is 0 Å². The SMILES string of the molecule is COCCCc1cn2cccc(C)c2n1. The minimum absolute atomic E-state index is 0.798. The maximum Gasteiger partial charge on any atom is 0.139 e. The van der Waals surface area contributed by atoms with Crippen LogP contribution in [0.3, 0.4) is 0 Å². The lowest BCUT2D eigenvalue weighted by Crippen LogP contribution is -1.92. The standard InChI is InChI=1S/C12H16N2O/c1-10-5-3-7-14-9-11(13-12(10)14)6-4-8-15-2/h3,5,7,9H,4,6,8H2,1-2H3. The van der Waals surface area contributed by atoms with Crippen LogP contribution in [-0.4, -0.2) is 23.1 Å². The largest absolute Gasteiger partial charge is 0.385 e. The fourth-order valence-corrected chi connectivity index (χ4v) is 1.72. The Bertz CT molecular complexity index is 448. The highest BCUT2D eigenvalue weighted by atomic mass is 16.5. The summed E-state index contributed by atoms with van der Waals surface area (Å²) in [6.45, 7) is 2.88. The van der Waals surface area contributed by atoms with E-state index in [4.69, 9.17) is 4.74 Å². The molecule has 0 saturated heterocycles. The normalized spacial score (nSPS) is 11.1. The van der Waals surface area contributed by atoms with Gasteiger partial charge in [0.15, 0.2) is 0 Å². The smallest absolute Gasteiger partial charge is 0.139 e. The minimum Gasteiger partial charge on any atom is -0.385 e. The molecule has 2 aromatic heterocycles. The van der Waals surface area contributed by atoms with Crippen LogP contribution in [-0.2, 0) is 11.2 Å². The second-order valence-corrected chi connectivity index (χ2v) is 3.75. The van der Waals surface area contributed by atoms with E-state index in [2.05, 4.69) is 28.6 Å². The molecular weight excluding hydrogens is 188 g/mol. The first-order valence-electron chi connectivity index (χ1n) is 5.23. The first-order chi connectivity index (χ1) is 7.31. The fraction of sp³-hybridized carbons (Fsp3) is 0.417. The van der Waals surface area contributed by atoms with Gasteiger partial charge in [0.2, 0.25) is 0 Å². The van der Waals surface area contributed by atoms with Crippen molar-refractivity contribution in [1.82, 2.24) is 9.38 Å². The molecule has 0 saturated carbocycles. The zero-order chi connectivity index (χ0) is 10.7. The quantitative estimate of drug-likeness (QED) is 0.714. The Morgan fingerprint density at radius 1 is 1.47 bits per heavy atom. The van der Waals surface area contributed by atoms with Gasteiger partial charge in [-0.2, -0.15) is 0 Å². The molecule has 0 radical (unpaired) electrons. The molecule has 0 aliphatic rings. The number of pyridine rings is 1. The van der Waals surface area contributed by atoms with Crippen LogP contribution in [0.25, 0.3) is 5.65 Å². The number of rotatable bonds is 4. The van der Waals surface area contributed by atoms with Crippen LogP contribution >= 0.6 is 0 Å². The fourth-order valence-electron chi connectivity index (χ4n) is 1.72. The van der Waals surface area contributed by atoms with Crippen molar-refractivity contribution in [2.75, 3.05) is 13.7 Å². The van der Waals surface area contributed by atoms with Crippen LogP contribution in [0.1, 0.15) is 17.7 Å². The summed E-state index contributed by atoms with van der Waals surface area (Å²) in [5, 5.41) is 0. The summed E-state index contributed by atoms with van der Waals surface area (Å²) >= 11 is 0. The average Bonchev–Trinajstić information content (AvgIpc) is 2.63. The van der Waals surface area contributed by atoms with Crippen molar-refractivity contribution < 1.29 is 4.74 Å². The van der Waals surface area contributed by atoms with Crippen LogP contribution in [0.2, 0.25) is 0 Å². The molecule has 0 amide bonds. The molecule has 0 aliphatic carbocycles. The number of fused-ring (bicyclic) bond motifs is 1. The number of imidazole rings is 1. The Morgan fingerprint density at radius 3 is 3.07 bits per heavy atom. The van der Waals surface area contributed by atoms with Crippen molar-refractivity contribution in [2.24, 2.45) is 0 Å². The molecule has 3 nitrogen and oxygen atoms in total. The average molecular weight is 204 g/mol. The van der Waals surface area contributed by atoms with E-state index in [1.807, 2.05) is 12.3 Å². The number of aryl methyl sites for hydroxylation is 2. The molecule has 0 bridgehead atoms. The molecule has 0 unspecified atom stereocenters. The lowest BCUT2D eigenvalue weighted by molar-refractivity contribution is 0.195. The maximum atomic E-state index is 5.03. The van der Waals surface area contributed by atoms with Crippen LogP contribution in [0.4, 0.5) is 0 Å². The van der Waals surface area contributed by atoms with Crippen LogP contribution < -0.4 is 0 Å². The summed E-state index contributed by atoms with van der Waals surface area (Å²) < 4.78 is 7.11. The molecule has 3 heteroatoms. The Morgan fingerprint density at radius 2 is 2.33 bits per heavy atom. The summed E-state index contributed by atoms with van der Waals surface area (Å²) in [7, 11) is 1.73. The van der Waals surface area contributed by atoms with E-state index in [1.54, 1.807) is 7.11 Å². The summed E-state index contributed by atoms with van der Waals surface area (Å²) in [5.41, 5.74) is 3.42. The second kappa shape index (κ2) is 4.45. The highest BCUT2D eigenvalue weighted by Gasteiger charge is 2.02. The molecule has 2 rings (SSSR count). The third-order valence-electron chi connectivity index (χ3n) is 2.51. The molecule has 2 aromatic rings. The van der Waals surface area contributed by atoms with Gasteiger partial charge in [-0.25, -0.2) is 4.98 Å². The van der Waals surface area contributed by atoms with Gasteiger partial charge in [-0.1, -0.05) is 6.07 Å². The van der Waals surface area contributed by atoms with Crippen molar-refractivity contribution in [1.29, 1.82) is 0 Å². The van der Waals surface area contributed by atoms with Crippen LogP contribution in [0.15, 0.2) is 24.5 Å².